The molecule has 6 nitrogen and oxygen atoms in total. The highest BCUT2D eigenvalue weighted by atomic mass is 35.5. The fourth-order valence-electron chi connectivity index (χ4n) is 3.84. The van der Waals surface area contributed by atoms with Crippen molar-refractivity contribution in [3.8, 4) is 22.6 Å². The molecule has 0 aliphatic carbocycles. The van der Waals surface area contributed by atoms with Gasteiger partial charge in [0.2, 0.25) is 11.3 Å². The predicted molar refractivity (Wildman–Crippen MR) is 155 cm³/mol. The van der Waals surface area contributed by atoms with Crippen molar-refractivity contribution < 1.29 is 23.0 Å². The van der Waals surface area contributed by atoms with E-state index in [1.54, 1.807) is 24.3 Å². The quantitative estimate of drug-likeness (QED) is 0.165. The van der Waals surface area contributed by atoms with Crippen molar-refractivity contribution in [2.75, 3.05) is 0 Å². The Morgan fingerprint density at radius 1 is 0.846 bits per heavy atom. The second-order valence-electron chi connectivity index (χ2n) is 9.97. The van der Waals surface area contributed by atoms with Crippen molar-refractivity contribution in [2.45, 2.75) is 39.5 Å². The number of halogens is 1. The molecule has 8 heteroatoms. The lowest BCUT2D eigenvalue weighted by atomic mass is 10.0. The second-order valence-corrected chi connectivity index (χ2v) is 11.4. The summed E-state index contributed by atoms with van der Waals surface area (Å²) in [7, 11) is 0. The van der Waals surface area contributed by atoms with Crippen LogP contribution in [0.2, 0.25) is 5.02 Å². The molecular weight excluding hydrogens is 534 g/mol. The third-order valence-corrected chi connectivity index (χ3v) is 6.79. The molecule has 1 N–H and O–H groups in total. The molecule has 0 amide bonds. The summed E-state index contributed by atoms with van der Waals surface area (Å²) in [4.78, 5) is 12.3. The number of hydrogen-bond acceptors (Lipinski definition) is 4. The molecule has 1 unspecified atom stereocenters. The summed E-state index contributed by atoms with van der Waals surface area (Å²) in [5.41, 5.74) is 3.21. The maximum absolute atomic E-state index is 12.3. The zero-order chi connectivity index (χ0) is 28.0. The molecule has 4 aromatic rings. The normalized spacial score (nSPS) is 12.3. The van der Waals surface area contributed by atoms with Gasteiger partial charge in [-0.15, -0.1) is 0 Å². The SMILES string of the molecule is CC(C)(C)OC(=O)c1ccc(CN(Cc2ccc(-c3ccc(Oc4ccccc4)cc3)cc2Cl)S(=O)O)cc1. The van der Waals surface area contributed by atoms with Crippen LogP contribution in [0.1, 0.15) is 42.3 Å². The summed E-state index contributed by atoms with van der Waals surface area (Å²) >= 11 is 4.36. The van der Waals surface area contributed by atoms with Gasteiger partial charge >= 0.3 is 5.97 Å². The fraction of sp³-hybridized carbons (Fsp3) is 0.194. The molecular formula is C31H30ClNO5S. The smallest absolute Gasteiger partial charge is 0.338 e. The van der Waals surface area contributed by atoms with Gasteiger partial charge in [0, 0.05) is 18.1 Å². The Morgan fingerprint density at radius 3 is 2.05 bits per heavy atom. The zero-order valence-electron chi connectivity index (χ0n) is 22.0. The Labute approximate surface area is 236 Å². The molecule has 0 aromatic heterocycles. The van der Waals surface area contributed by atoms with Crippen LogP contribution in [0.3, 0.4) is 0 Å². The minimum atomic E-state index is -2.23. The van der Waals surface area contributed by atoms with Crippen LogP contribution in [0.15, 0.2) is 97.1 Å². The van der Waals surface area contributed by atoms with Gasteiger partial charge in [-0.25, -0.2) is 9.00 Å². The molecule has 4 aromatic carbocycles. The topological polar surface area (TPSA) is 76.1 Å². The van der Waals surface area contributed by atoms with Crippen LogP contribution in [-0.2, 0) is 29.1 Å². The summed E-state index contributed by atoms with van der Waals surface area (Å²) in [6, 6.07) is 29.7. The number of para-hydroxylation sites is 1. The van der Waals surface area contributed by atoms with Gasteiger partial charge in [0.15, 0.2) is 0 Å². The van der Waals surface area contributed by atoms with E-state index >= 15 is 0 Å². The van der Waals surface area contributed by atoms with Crippen molar-refractivity contribution in [3.05, 3.63) is 119 Å². The predicted octanol–water partition coefficient (Wildman–Crippen LogP) is 7.89. The number of carbonyl (C=O) groups is 1. The average molecular weight is 564 g/mol. The van der Waals surface area contributed by atoms with Gasteiger partial charge in [-0.1, -0.05) is 66.2 Å². The van der Waals surface area contributed by atoms with Gasteiger partial charge in [-0.05, 0) is 85.5 Å². The molecule has 0 spiro atoms. The van der Waals surface area contributed by atoms with Crippen molar-refractivity contribution in [1.29, 1.82) is 0 Å². The standard InChI is InChI=1S/C31H30ClNO5S/c1-31(2,3)38-30(34)24-11-9-22(10-12-24)20-33(39(35)36)21-26-14-13-25(19-29(26)32)23-15-17-28(18-16-23)37-27-7-5-4-6-8-27/h4-19H,20-21H2,1-3H3,(H,35,36). The Morgan fingerprint density at radius 2 is 1.46 bits per heavy atom. The van der Waals surface area contributed by atoms with E-state index in [9.17, 15) is 13.6 Å². The van der Waals surface area contributed by atoms with E-state index < -0.39 is 22.8 Å². The number of nitrogens with zero attached hydrogens (tertiary/aromatic N) is 1. The Kier molecular flexibility index (Phi) is 9.20. The van der Waals surface area contributed by atoms with Crippen molar-refractivity contribution in [2.24, 2.45) is 0 Å². The van der Waals surface area contributed by atoms with Crippen molar-refractivity contribution in [1.82, 2.24) is 4.31 Å². The van der Waals surface area contributed by atoms with E-state index in [1.807, 2.05) is 93.6 Å². The van der Waals surface area contributed by atoms with Crippen LogP contribution in [-0.4, -0.2) is 24.6 Å². The summed E-state index contributed by atoms with van der Waals surface area (Å²) in [5.74, 6) is 1.08. The molecule has 39 heavy (non-hydrogen) atoms. The number of esters is 1. The van der Waals surface area contributed by atoms with E-state index in [4.69, 9.17) is 21.1 Å². The third-order valence-electron chi connectivity index (χ3n) is 5.73. The largest absolute Gasteiger partial charge is 0.457 e. The van der Waals surface area contributed by atoms with Crippen LogP contribution in [0.5, 0.6) is 11.5 Å². The van der Waals surface area contributed by atoms with E-state index in [2.05, 4.69) is 0 Å². The first-order valence-corrected chi connectivity index (χ1v) is 13.8. The highest BCUT2D eigenvalue weighted by molar-refractivity contribution is 7.76. The summed E-state index contributed by atoms with van der Waals surface area (Å²) < 4.78 is 34.7. The Bertz CT molecular complexity index is 1440. The monoisotopic (exact) mass is 563 g/mol. The van der Waals surface area contributed by atoms with E-state index in [-0.39, 0.29) is 13.1 Å². The molecule has 0 bridgehead atoms. The molecule has 0 aliphatic heterocycles. The van der Waals surface area contributed by atoms with Gasteiger partial charge in [0.1, 0.15) is 17.1 Å². The summed E-state index contributed by atoms with van der Waals surface area (Å²) in [5, 5.41) is 0.493. The van der Waals surface area contributed by atoms with Gasteiger partial charge in [-0.3, -0.25) is 4.55 Å². The molecule has 4 rings (SSSR count). The van der Waals surface area contributed by atoms with E-state index in [0.29, 0.717) is 10.6 Å². The Hall–Kier alpha value is -3.49. The van der Waals surface area contributed by atoms with Gasteiger partial charge in [0.05, 0.1) is 5.56 Å². The lowest BCUT2D eigenvalue weighted by Crippen LogP contribution is -2.25. The number of ether oxygens (including phenoxy) is 2. The molecule has 0 heterocycles. The average Bonchev–Trinajstić information content (AvgIpc) is 2.89. The zero-order valence-corrected chi connectivity index (χ0v) is 23.5. The third kappa shape index (κ3) is 8.25. The number of carbonyl (C=O) groups excluding carboxylic acids is 1. The maximum Gasteiger partial charge on any atom is 0.338 e. The lowest BCUT2D eigenvalue weighted by Gasteiger charge is -2.20. The van der Waals surface area contributed by atoms with Gasteiger partial charge < -0.3 is 9.47 Å². The van der Waals surface area contributed by atoms with Gasteiger partial charge in [0.25, 0.3) is 0 Å². The van der Waals surface area contributed by atoms with Crippen molar-refractivity contribution in [3.63, 3.8) is 0 Å². The highest BCUT2D eigenvalue weighted by Gasteiger charge is 2.19. The van der Waals surface area contributed by atoms with Crippen LogP contribution in [0.4, 0.5) is 0 Å². The van der Waals surface area contributed by atoms with E-state index in [1.165, 1.54) is 4.31 Å². The fourth-order valence-corrected chi connectivity index (χ4v) is 4.59. The van der Waals surface area contributed by atoms with Crippen molar-refractivity contribution >= 4 is 28.8 Å². The molecule has 0 radical (unpaired) electrons. The first kappa shape index (κ1) is 28.5. The molecule has 0 aliphatic rings. The number of hydrogen-bond donors (Lipinski definition) is 1. The van der Waals surface area contributed by atoms with Gasteiger partial charge in [-0.2, -0.15) is 4.31 Å². The number of benzene rings is 4. The first-order chi connectivity index (χ1) is 18.6. The maximum atomic E-state index is 12.3. The number of rotatable bonds is 9. The summed E-state index contributed by atoms with van der Waals surface area (Å²) in [6.45, 7) is 5.79. The van der Waals surface area contributed by atoms with Crippen LogP contribution < -0.4 is 4.74 Å². The minimum absolute atomic E-state index is 0.167. The van der Waals surface area contributed by atoms with Crippen LogP contribution in [0, 0.1) is 0 Å². The van der Waals surface area contributed by atoms with Crippen LogP contribution in [0.25, 0.3) is 11.1 Å². The lowest BCUT2D eigenvalue weighted by molar-refractivity contribution is 0.00694. The molecule has 1 atom stereocenters. The first-order valence-electron chi connectivity index (χ1n) is 12.4. The Balaban J connectivity index is 1.42. The summed E-state index contributed by atoms with van der Waals surface area (Å²) in [6.07, 6.45) is 0. The minimum Gasteiger partial charge on any atom is -0.457 e. The molecule has 0 saturated carbocycles. The molecule has 0 fully saturated rings. The van der Waals surface area contributed by atoms with E-state index in [0.717, 1.165) is 33.8 Å². The van der Waals surface area contributed by atoms with Crippen LogP contribution >= 0.6 is 11.6 Å². The second kappa shape index (κ2) is 12.6. The molecule has 0 saturated heterocycles. The highest BCUT2D eigenvalue weighted by Crippen LogP contribution is 2.30. The molecule has 202 valence electrons.